The molecular formula is C13H25NOSi. The van der Waals surface area contributed by atoms with Gasteiger partial charge in [0.25, 0.3) is 0 Å². The smallest absolute Gasteiger partial charge is 0.186 e. The van der Waals surface area contributed by atoms with Crippen molar-refractivity contribution in [1.29, 1.82) is 5.26 Å². The van der Waals surface area contributed by atoms with Crippen molar-refractivity contribution in [1.82, 2.24) is 0 Å². The zero-order chi connectivity index (χ0) is 12.7. The van der Waals surface area contributed by atoms with E-state index in [2.05, 4.69) is 38.7 Å². The fourth-order valence-corrected chi connectivity index (χ4v) is 2.94. The standard InChI is InChI=1S/C13H25NOSi/c1-6-7-8-9-10-11-13(2,12-14)15-16(3,4)5/h10-11H,6-9H2,1-5H3/b11-10+/t13-/m0/s1. The summed E-state index contributed by atoms with van der Waals surface area (Å²) in [7, 11) is -1.66. The normalized spacial score (nSPS) is 16.0. The first kappa shape index (κ1) is 15.4. The highest BCUT2D eigenvalue weighted by molar-refractivity contribution is 6.69. The van der Waals surface area contributed by atoms with E-state index in [0.29, 0.717) is 0 Å². The van der Waals surface area contributed by atoms with E-state index in [9.17, 15) is 0 Å². The molecule has 0 aliphatic heterocycles. The molecule has 0 bridgehead atoms. The summed E-state index contributed by atoms with van der Waals surface area (Å²) in [6.45, 7) is 10.4. The van der Waals surface area contributed by atoms with Crippen molar-refractivity contribution in [2.24, 2.45) is 0 Å². The van der Waals surface area contributed by atoms with Crippen LogP contribution in [0.15, 0.2) is 12.2 Å². The van der Waals surface area contributed by atoms with Crippen molar-refractivity contribution < 1.29 is 4.43 Å². The molecule has 0 saturated heterocycles. The minimum Gasteiger partial charge on any atom is -0.397 e. The molecule has 2 nitrogen and oxygen atoms in total. The van der Waals surface area contributed by atoms with E-state index >= 15 is 0 Å². The Kier molecular flexibility index (Phi) is 6.62. The van der Waals surface area contributed by atoms with Gasteiger partial charge in [-0.1, -0.05) is 25.8 Å². The van der Waals surface area contributed by atoms with Gasteiger partial charge < -0.3 is 4.43 Å². The maximum Gasteiger partial charge on any atom is 0.186 e. The second-order valence-corrected chi connectivity index (χ2v) is 9.76. The van der Waals surface area contributed by atoms with Crippen LogP contribution in [0.4, 0.5) is 0 Å². The number of rotatable bonds is 7. The highest BCUT2D eigenvalue weighted by Crippen LogP contribution is 2.19. The second-order valence-electron chi connectivity index (χ2n) is 5.33. The Morgan fingerprint density at radius 1 is 1.31 bits per heavy atom. The first-order valence-corrected chi connectivity index (χ1v) is 9.53. The van der Waals surface area contributed by atoms with Gasteiger partial charge in [-0.25, -0.2) is 0 Å². The number of nitriles is 1. The van der Waals surface area contributed by atoms with Gasteiger partial charge in [0.1, 0.15) is 6.07 Å². The van der Waals surface area contributed by atoms with Crippen molar-refractivity contribution in [3.05, 3.63) is 12.2 Å². The van der Waals surface area contributed by atoms with Gasteiger partial charge in [-0.15, -0.1) is 0 Å². The molecule has 0 unspecified atom stereocenters. The minimum atomic E-state index is -1.66. The molecule has 16 heavy (non-hydrogen) atoms. The van der Waals surface area contributed by atoms with Crippen molar-refractivity contribution >= 4 is 8.32 Å². The number of allylic oxidation sites excluding steroid dienone is 1. The summed E-state index contributed by atoms with van der Waals surface area (Å²) in [5.74, 6) is 0. The molecule has 0 N–H and O–H groups in total. The molecule has 0 spiro atoms. The summed E-state index contributed by atoms with van der Waals surface area (Å²) in [5.41, 5.74) is -0.739. The van der Waals surface area contributed by atoms with Crippen molar-refractivity contribution in [3.8, 4) is 6.07 Å². The van der Waals surface area contributed by atoms with Crippen LogP contribution in [-0.2, 0) is 4.43 Å². The molecule has 0 aliphatic rings. The lowest BCUT2D eigenvalue weighted by molar-refractivity contribution is 0.192. The van der Waals surface area contributed by atoms with Gasteiger partial charge in [0.15, 0.2) is 13.9 Å². The molecule has 3 heteroatoms. The summed E-state index contributed by atoms with van der Waals surface area (Å²) in [6.07, 6.45) is 8.72. The Balaban J connectivity index is 4.22. The third-order valence-electron chi connectivity index (χ3n) is 2.15. The first-order chi connectivity index (χ1) is 7.33. The van der Waals surface area contributed by atoms with Crippen LogP contribution in [0.2, 0.25) is 19.6 Å². The number of unbranched alkanes of at least 4 members (excludes halogenated alkanes) is 3. The molecule has 0 heterocycles. The lowest BCUT2D eigenvalue weighted by Crippen LogP contribution is -2.38. The molecule has 0 rings (SSSR count). The van der Waals surface area contributed by atoms with Gasteiger partial charge in [0.05, 0.1) is 0 Å². The first-order valence-electron chi connectivity index (χ1n) is 6.12. The zero-order valence-corrected chi connectivity index (χ0v) is 12.3. The fraction of sp³-hybridized carbons (Fsp3) is 0.769. The molecule has 0 amide bonds. The summed E-state index contributed by atoms with van der Waals surface area (Å²) in [5, 5.41) is 9.15. The van der Waals surface area contributed by atoms with E-state index in [1.807, 2.05) is 13.0 Å². The van der Waals surface area contributed by atoms with Crippen LogP contribution in [0, 0.1) is 11.3 Å². The van der Waals surface area contributed by atoms with Gasteiger partial charge in [0, 0.05) is 0 Å². The van der Waals surface area contributed by atoms with Crippen LogP contribution in [0.25, 0.3) is 0 Å². The summed E-state index contributed by atoms with van der Waals surface area (Å²) < 4.78 is 5.87. The number of hydrogen-bond acceptors (Lipinski definition) is 2. The summed E-state index contributed by atoms with van der Waals surface area (Å²) >= 11 is 0. The van der Waals surface area contributed by atoms with E-state index in [1.165, 1.54) is 19.3 Å². The van der Waals surface area contributed by atoms with Crippen molar-refractivity contribution in [2.75, 3.05) is 0 Å². The lowest BCUT2D eigenvalue weighted by atomic mass is 10.1. The van der Waals surface area contributed by atoms with Gasteiger partial charge in [-0.05, 0) is 45.5 Å². The molecule has 0 aromatic rings. The summed E-state index contributed by atoms with van der Waals surface area (Å²) in [6, 6.07) is 2.25. The largest absolute Gasteiger partial charge is 0.397 e. The molecule has 0 aliphatic carbocycles. The van der Waals surface area contributed by atoms with Crippen molar-refractivity contribution in [2.45, 2.75) is 64.8 Å². The molecule has 0 radical (unpaired) electrons. The fourth-order valence-electron chi connectivity index (χ4n) is 1.55. The van der Waals surface area contributed by atoms with Crippen LogP contribution in [0.5, 0.6) is 0 Å². The minimum absolute atomic E-state index is 0.739. The lowest BCUT2D eigenvalue weighted by Gasteiger charge is -2.27. The molecule has 92 valence electrons. The van der Waals surface area contributed by atoms with Crippen LogP contribution < -0.4 is 0 Å². The van der Waals surface area contributed by atoms with E-state index in [0.717, 1.165) is 6.42 Å². The average Bonchev–Trinajstić information content (AvgIpc) is 2.15. The van der Waals surface area contributed by atoms with Crippen LogP contribution in [0.3, 0.4) is 0 Å². The SMILES string of the molecule is CCCCC/C=C/[C@@](C)(C#N)O[Si](C)(C)C. The zero-order valence-electron chi connectivity index (χ0n) is 11.3. The van der Waals surface area contributed by atoms with Gasteiger partial charge in [-0.2, -0.15) is 5.26 Å². The maximum absolute atomic E-state index is 9.15. The third-order valence-corrected chi connectivity index (χ3v) is 3.19. The highest BCUT2D eigenvalue weighted by atomic mass is 28.4. The summed E-state index contributed by atoms with van der Waals surface area (Å²) in [4.78, 5) is 0. The molecule has 0 fully saturated rings. The quantitative estimate of drug-likeness (QED) is 0.378. The maximum atomic E-state index is 9.15. The topological polar surface area (TPSA) is 33.0 Å². The third kappa shape index (κ3) is 7.67. The van der Waals surface area contributed by atoms with E-state index in [-0.39, 0.29) is 0 Å². The van der Waals surface area contributed by atoms with Crippen molar-refractivity contribution in [3.63, 3.8) is 0 Å². The van der Waals surface area contributed by atoms with Crippen LogP contribution >= 0.6 is 0 Å². The van der Waals surface area contributed by atoms with Gasteiger partial charge in [-0.3, -0.25) is 0 Å². The van der Waals surface area contributed by atoms with Crippen LogP contribution in [0.1, 0.15) is 39.5 Å². The van der Waals surface area contributed by atoms with E-state index in [1.54, 1.807) is 0 Å². The number of nitrogens with zero attached hydrogens (tertiary/aromatic N) is 1. The molecule has 1 atom stereocenters. The monoisotopic (exact) mass is 239 g/mol. The molecule has 0 aromatic heterocycles. The van der Waals surface area contributed by atoms with E-state index in [4.69, 9.17) is 9.69 Å². The average molecular weight is 239 g/mol. The van der Waals surface area contributed by atoms with Gasteiger partial charge in [0.2, 0.25) is 0 Å². The second kappa shape index (κ2) is 6.88. The Morgan fingerprint density at radius 3 is 2.38 bits per heavy atom. The van der Waals surface area contributed by atoms with Crippen LogP contribution in [-0.4, -0.2) is 13.9 Å². The Labute approximate surface area is 101 Å². The Bertz CT molecular complexity index is 262. The molecule has 0 saturated carbocycles. The Morgan fingerprint density at radius 2 is 1.94 bits per heavy atom. The molecule has 0 aromatic carbocycles. The number of hydrogen-bond donors (Lipinski definition) is 0. The van der Waals surface area contributed by atoms with Gasteiger partial charge >= 0.3 is 0 Å². The predicted octanol–water partition coefficient (Wildman–Crippen LogP) is 4.26. The predicted molar refractivity (Wildman–Crippen MR) is 71.7 cm³/mol. The van der Waals surface area contributed by atoms with E-state index < -0.39 is 13.9 Å². The molecular weight excluding hydrogens is 214 g/mol. The Hall–Kier alpha value is -0.593. The highest BCUT2D eigenvalue weighted by Gasteiger charge is 2.28.